The standard InChI is InChI=1S/C45H41NO3S2/c1-32-24-30-38(31-25-32)51(47,48)46-41-39-22-14-15-23-40(39)49-42(41)43(33-26-28-34(29-27-33)44(2,3)4)50-45(35-16-8-5-9-17-35,36-18-10-6-11-19-36)37-20-12-7-13-21-37/h5-31,43,46H,1-4H3/t43-/m1/s1. The van der Waals surface area contributed by atoms with Gasteiger partial charge in [-0.1, -0.05) is 166 Å². The van der Waals surface area contributed by atoms with E-state index in [4.69, 9.17) is 4.42 Å². The summed E-state index contributed by atoms with van der Waals surface area (Å²) in [7, 11) is -3.98. The number of fused-ring (bicyclic) bond motifs is 1. The van der Waals surface area contributed by atoms with Crippen LogP contribution in [0.5, 0.6) is 0 Å². The molecule has 51 heavy (non-hydrogen) atoms. The molecule has 0 aliphatic carbocycles. The number of sulfonamides is 1. The molecule has 256 valence electrons. The van der Waals surface area contributed by atoms with Crippen LogP contribution in [0.1, 0.15) is 65.2 Å². The highest BCUT2D eigenvalue weighted by molar-refractivity contribution is 8.01. The SMILES string of the molecule is Cc1ccc(S(=O)(=O)Nc2c([C@H](SC(c3ccccc3)(c3ccccc3)c3ccccc3)c3ccc(C(C)(C)C)cc3)oc3ccccc23)cc1. The maximum absolute atomic E-state index is 14.1. The number of hydrogen-bond acceptors (Lipinski definition) is 4. The molecule has 1 aromatic heterocycles. The van der Waals surface area contributed by atoms with Crippen molar-refractivity contribution in [1.82, 2.24) is 0 Å². The summed E-state index contributed by atoms with van der Waals surface area (Å²) in [5.41, 5.74) is 7.48. The maximum Gasteiger partial charge on any atom is 0.262 e. The monoisotopic (exact) mass is 707 g/mol. The molecular formula is C45H41NO3S2. The molecule has 4 nitrogen and oxygen atoms in total. The molecule has 1 heterocycles. The Balaban J connectivity index is 1.51. The molecule has 0 spiro atoms. The first-order valence-corrected chi connectivity index (χ1v) is 19.5. The van der Waals surface area contributed by atoms with Crippen LogP contribution >= 0.6 is 11.8 Å². The van der Waals surface area contributed by atoms with Crippen molar-refractivity contribution < 1.29 is 12.8 Å². The number of aryl methyl sites for hydroxylation is 1. The average molecular weight is 708 g/mol. The molecule has 1 atom stereocenters. The van der Waals surface area contributed by atoms with Crippen molar-refractivity contribution in [2.24, 2.45) is 0 Å². The summed E-state index contributed by atoms with van der Waals surface area (Å²) in [6.45, 7) is 8.56. The Hall–Kier alpha value is -5.04. The Morgan fingerprint density at radius 3 is 1.59 bits per heavy atom. The molecule has 0 amide bonds. The summed E-state index contributed by atoms with van der Waals surface area (Å²) in [6, 6.07) is 54.8. The zero-order valence-electron chi connectivity index (χ0n) is 29.2. The van der Waals surface area contributed by atoms with E-state index in [0.717, 1.165) is 27.8 Å². The largest absolute Gasteiger partial charge is 0.457 e. The Bertz CT molecular complexity index is 2250. The van der Waals surface area contributed by atoms with Gasteiger partial charge in [0.25, 0.3) is 10.0 Å². The minimum atomic E-state index is -3.98. The molecule has 0 bridgehead atoms. The Labute approximate surface area is 305 Å². The Morgan fingerprint density at radius 2 is 1.08 bits per heavy atom. The molecule has 0 radical (unpaired) electrons. The van der Waals surface area contributed by atoms with Crippen molar-refractivity contribution >= 4 is 38.4 Å². The number of hydrogen-bond donors (Lipinski definition) is 1. The van der Waals surface area contributed by atoms with E-state index in [0.29, 0.717) is 22.4 Å². The molecule has 1 N–H and O–H groups in total. The molecule has 0 aliphatic rings. The average Bonchev–Trinajstić information content (AvgIpc) is 3.50. The summed E-state index contributed by atoms with van der Waals surface area (Å²) < 4.78 is 37.3. The minimum Gasteiger partial charge on any atom is -0.457 e. The molecule has 0 saturated heterocycles. The zero-order valence-corrected chi connectivity index (χ0v) is 30.8. The fraction of sp³-hybridized carbons (Fsp3) is 0.156. The zero-order chi connectivity index (χ0) is 35.6. The van der Waals surface area contributed by atoms with Crippen LogP contribution in [0.15, 0.2) is 173 Å². The molecule has 0 saturated carbocycles. The number of furan rings is 1. The van der Waals surface area contributed by atoms with E-state index in [1.807, 2.05) is 61.5 Å². The third-order valence-corrected chi connectivity index (χ3v) is 12.5. The molecule has 6 heteroatoms. The van der Waals surface area contributed by atoms with Crippen LogP contribution in [-0.2, 0) is 20.2 Å². The number of nitrogens with one attached hydrogen (secondary N) is 1. The van der Waals surface area contributed by atoms with Gasteiger partial charge in [0.2, 0.25) is 0 Å². The smallest absolute Gasteiger partial charge is 0.262 e. The molecule has 0 unspecified atom stereocenters. The fourth-order valence-electron chi connectivity index (χ4n) is 6.60. The van der Waals surface area contributed by atoms with Gasteiger partial charge in [-0.15, -0.1) is 11.8 Å². The predicted octanol–water partition coefficient (Wildman–Crippen LogP) is 11.7. The number of anilines is 1. The third-order valence-electron chi connectivity index (χ3n) is 9.34. The van der Waals surface area contributed by atoms with Crippen molar-refractivity contribution in [1.29, 1.82) is 0 Å². The number of para-hydroxylation sites is 1. The number of rotatable bonds is 10. The second-order valence-corrected chi connectivity index (χ2v) is 16.9. The van der Waals surface area contributed by atoms with Gasteiger partial charge in [0.05, 0.1) is 20.6 Å². The minimum absolute atomic E-state index is 0.0444. The fourth-order valence-corrected chi connectivity index (χ4v) is 9.42. The van der Waals surface area contributed by atoms with Gasteiger partial charge in [-0.25, -0.2) is 8.42 Å². The van der Waals surface area contributed by atoms with Crippen molar-refractivity contribution in [2.75, 3.05) is 4.72 Å². The summed E-state index contributed by atoms with van der Waals surface area (Å²) in [5, 5.41) is 0.243. The second kappa shape index (κ2) is 13.9. The van der Waals surface area contributed by atoms with Gasteiger partial charge in [0.1, 0.15) is 11.3 Å². The highest BCUT2D eigenvalue weighted by Gasteiger charge is 2.42. The lowest BCUT2D eigenvalue weighted by Gasteiger charge is -2.38. The lowest BCUT2D eigenvalue weighted by atomic mass is 9.84. The normalized spacial score (nSPS) is 12.9. The van der Waals surface area contributed by atoms with Crippen LogP contribution in [0.2, 0.25) is 0 Å². The van der Waals surface area contributed by atoms with Gasteiger partial charge in [0, 0.05) is 5.39 Å². The van der Waals surface area contributed by atoms with Crippen LogP contribution in [0.25, 0.3) is 11.0 Å². The lowest BCUT2D eigenvalue weighted by molar-refractivity contribution is 0.559. The highest BCUT2D eigenvalue weighted by atomic mass is 32.2. The highest BCUT2D eigenvalue weighted by Crippen LogP contribution is 2.57. The molecule has 7 rings (SSSR count). The van der Waals surface area contributed by atoms with E-state index in [1.165, 1.54) is 5.56 Å². The predicted molar refractivity (Wildman–Crippen MR) is 212 cm³/mol. The molecular weight excluding hydrogens is 667 g/mol. The topological polar surface area (TPSA) is 59.3 Å². The van der Waals surface area contributed by atoms with Crippen LogP contribution < -0.4 is 4.72 Å². The third kappa shape index (κ3) is 6.86. The van der Waals surface area contributed by atoms with Gasteiger partial charge >= 0.3 is 0 Å². The Morgan fingerprint density at radius 1 is 0.588 bits per heavy atom. The van der Waals surface area contributed by atoms with Gasteiger partial charge in [-0.2, -0.15) is 0 Å². The Kier molecular flexibility index (Phi) is 9.40. The lowest BCUT2D eigenvalue weighted by Crippen LogP contribution is -2.27. The van der Waals surface area contributed by atoms with Crippen molar-refractivity contribution in [3.8, 4) is 0 Å². The van der Waals surface area contributed by atoms with Crippen molar-refractivity contribution in [3.05, 3.63) is 203 Å². The number of benzene rings is 6. The van der Waals surface area contributed by atoms with Crippen LogP contribution in [-0.4, -0.2) is 8.42 Å². The summed E-state index contributed by atoms with van der Waals surface area (Å²) >= 11 is 1.74. The first kappa shape index (κ1) is 34.4. The van der Waals surface area contributed by atoms with Crippen LogP contribution in [0.4, 0.5) is 5.69 Å². The van der Waals surface area contributed by atoms with E-state index in [-0.39, 0.29) is 10.3 Å². The summed E-state index contributed by atoms with van der Waals surface area (Å²) in [5.74, 6) is 0.535. The summed E-state index contributed by atoms with van der Waals surface area (Å²) in [6.07, 6.45) is 0. The molecule has 0 fully saturated rings. The second-order valence-electron chi connectivity index (χ2n) is 13.9. The van der Waals surface area contributed by atoms with E-state index >= 15 is 0 Å². The van der Waals surface area contributed by atoms with E-state index in [1.54, 1.807) is 23.9 Å². The first-order chi connectivity index (χ1) is 24.6. The molecule has 0 aliphatic heterocycles. The van der Waals surface area contributed by atoms with Gasteiger partial charge in [-0.05, 0) is 64.4 Å². The van der Waals surface area contributed by atoms with E-state index in [9.17, 15) is 8.42 Å². The quantitative estimate of drug-likeness (QED) is 0.144. The van der Waals surface area contributed by atoms with E-state index in [2.05, 4.69) is 123 Å². The molecule has 7 aromatic rings. The molecule has 6 aromatic carbocycles. The van der Waals surface area contributed by atoms with Crippen LogP contribution in [0, 0.1) is 6.92 Å². The maximum atomic E-state index is 14.1. The summed E-state index contributed by atoms with van der Waals surface area (Å²) in [4.78, 5) is 0.190. The van der Waals surface area contributed by atoms with E-state index < -0.39 is 20.0 Å². The van der Waals surface area contributed by atoms with Gasteiger partial charge in [-0.3, -0.25) is 4.72 Å². The van der Waals surface area contributed by atoms with Gasteiger partial charge in [0.15, 0.2) is 0 Å². The first-order valence-electron chi connectivity index (χ1n) is 17.1. The van der Waals surface area contributed by atoms with Gasteiger partial charge < -0.3 is 4.42 Å². The van der Waals surface area contributed by atoms with Crippen molar-refractivity contribution in [3.63, 3.8) is 0 Å². The van der Waals surface area contributed by atoms with Crippen molar-refractivity contribution in [2.45, 2.75) is 48.0 Å². The number of thioether (sulfide) groups is 1. The van der Waals surface area contributed by atoms with Crippen LogP contribution in [0.3, 0.4) is 0 Å².